The number of aromatic nitrogens is 1. The van der Waals surface area contributed by atoms with Crippen molar-refractivity contribution in [2.45, 2.75) is 31.3 Å². The highest BCUT2D eigenvalue weighted by molar-refractivity contribution is 9.11. The Morgan fingerprint density at radius 1 is 1.36 bits per heavy atom. The van der Waals surface area contributed by atoms with Crippen molar-refractivity contribution < 1.29 is 5.11 Å². The lowest BCUT2D eigenvalue weighted by atomic mass is 9.93. The second-order valence-electron chi connectivity index (χ2n) is 4.34. The topological polar surface area (TPSA) is 33.1 Å². The summed E-state index contributed by atoms with van der Waals surface area (Å²) in [5, 5.41) is 11.6. The molecule has 3 rings (SSSR count). The van der Waals surface area contributed by atoms with Crippen molar-refractivity contribution in [2.24, 2.45) is 11.8 Å². The first kappa shape index (κ1) is 9.31. The maximum absolute atomic E-state index is 10.7. The quantitative estimate of drug-likeness (QED) is 0.919. The number of nitrogens with zero attached hydrogens (tertiary/aromatic N) is 1. The third-order valence-corrected chi connectivity index (χ3v) is 4.84. The minimum Gasteiger partial charge on any atom is -0.382 e. The number of hydrogen-bond donors (Lipinski definition) is 1. The second-order valence-corrected chi connectivity index (χ2v) is 6.75. The number of rotatable bonds is 3. The summed E-state index contributed by atoms with van der Waals surface area (Å²) in [6, 6.07) is 0. The molecule has 1 heterocycles. The highest BCUT2D eigenvalue weighted by Gasteiger charge is 2.55. The van der Waals surface area contributed by atoms with E-state index in [0.717, 1.165) is 8.79 Å². The average molecular weight is 274 g/mol. The highest BCUT2D eigenvalue weighted by Crippen LogP contribution is 2.58. The normalized spacial score (nSPS) is 22.7. The first-order chi connectivity index (χ1) is 6.71. The second kappa shape index (κ2) is 3.03. The maximum Gasteiger partial charge on any atom is 0.126 e. The molecule has 0 aromatic carbocycles. The Morgan fingerprint density at radius 2 is 1.93 bits per heavy atom. The number of hydrogen-bond acceptors (Lipinski definition) is 3. The Morgan fingerprint density at radius 3 is 2.29 bits per heavy atom. The van der Waals surface area contributed by atoms with Crippen LogP contribution >= 0.6 is 27.3 Å². The molecule has 2 nitrogen and oxygen atoms in total. The maximum atomic E-state index is 10.7. The predicted molar refractivity (Wildman–Crippen MR) is 59.2 cm³/mol. The largest absolute Gasteiger partial charge is 0.382 e. The summed E-state index contributed by atoms with van der Waals surface area (Å²) >= 11 is 5.00. The van der Waals surface area contributed by atoms with Gasteiger partial charge < -0.3 is 5.11 Å². The fourth-order valence-corrected chi connectivity index (χ4v) is 3.62. The molecule has 0 radical (unpaired) electrons. The van der Waals surface area contributed by atoms with Crippen LogP contribution in [-0.2, 0) is 5.60 Å². The lowest BCUT2D eigenvalue weighted by Gasteiger charge is -2.25. The molecular formula is C10H12BrNOS. The van der Waals surface area contributed by atoms with Gasteiger partial charge in [-0.25, -0.2) is 4.98 Å². The van der Waals surface area contributed by atoms with Gasteiger partial charge in [-0.2, -0.15) is 0 Å². The lowest BCUT2D eigenvalue weighted by Crippen LogP contribution is -2.30. The van der Waals surface area contributed by atoms with E-state index in [1.807, 2.05) is 0 Å². The van der Waals surface area contributed by atoms with Crippen molar-refractivity contribution in [2.75, 3.05) is 0 Å². The Labute approximate surface area is 95.5 Å². The molecule has 76 valence electrons. The molecule has 2 fully saturated rings. The third-order valence-electron chi connectivity index (χ3n) is 3.22. The van der Waals surface area contributed by atoms with Crippen molar-refractivity contribution in [3.05, 3.63) is 15.0 Å². The predicted octanol–water partition coefficient (Wildman–Crippen LogP) is 2.91. The van der Waals surface area contributed by atoms with E-state index in [2.05, 4.69) is 20.9 Å². The molecule has 0 spiro atoms. The molecule has 0 saturated heterocycles. The Kier molecular flexibility index (Phi) is 2.01. The Hall–Kier alpha value is 0.0700. The smallest absolute Gasteiger partial charge is 0.126 e. The monoisotopic (exact) mass is 273 g/mol. The van der Waals surface area contributed by atoms with Crippen LogP contribution in [0.1, 0.15) is 30.7 Å². The molecule has 4 heteroatoms. The zero-order valence-corrected chi connectivity index (χ0v) is 10.1. The van der Waals surface area contributed by atoms with E-state index in [1.54, 1.807) is 17.5 Å². The first-order valence-electron chi connectivity index (χ1n) is 5.05. The molecule has 0 aliphatic heterocycles. The van der Waals surface area contributed by atoms with Crippen LogP contribution in [0.4, 0.5) is 0 Å². The zero-order valence-electron chi connectivity index (χ0n) is 7.74. The number of halogens is 1. The fraction of sp³-hybridized carbons (Fsp3) is 0.700. The minimum absolute atomic E-state index is 0.480. The SMILES string of the molecule is OC(c1ncc(Br)s1)(C1CC1)C1CC1. The van der Waals surface area contributed by atoms with E-state index in [1.165, 1.54) is 25.7 Å². The summed E-state index contributed by atoms with van der Waals surface area (Å²) in [5.41, 5.74) is -0.587. The van der Waals surface area contributed by atoms with E-state index in [9.17, 15) is 5.11 Å². The molecule has 2 aliphatic rings. The van der Waals surface area contributed by atoms with Crippen molar-refractivity contribution in [1.29, 1.82) is 0 Å². The van der Waals surface area contributed by atoms with Gasteiger partial charge in [0.2, 0.25) is 0 Å². The fourth-order valence-electron chi connectivity index (χ4n) is 2.17. The van der Waals surface area contributed by atoms with Gasteiger partial charge in [0.15, 0.2) is 0 Å². The van der Waals surface area contributed by atoms with Crippen LogP contribution in [0.25, 0.3) is 0 Å². The van der Waals surface area contributed by atoms with Crippen LogP contribution in [0, 0.1) is 11.8 Å². The summed E-state index contributed by atoms with van der Waals surface area (Å²) in [5.74, 6) is 0.959. The van der Waals surface area contributed by atoms with E-state index in [-0.39, 0.29) is 0 Å². The van der Waals surface area contributed by atoms with Crippen molar-refractivity contribution in [3.63, 3.8) is 0 Å². The van der Waals surface area contributed by atoms with E-state index < -0.39 is 5.60 Å². The molecule has 0 atom stereocenters. The summed E-state index contributed by atoms with van der Waals surface area (Å²) in [4.78, 5) is 4.33. The summed E-state index contributed by atoms with van der Waals surface area (Å²) in [7, 11) is 0. The molecule has 14 heavy (non-hydrogen) atoms. The van der Waals surface area contributed by atoms with Gasteiger partial charge in [0.1, 0.15) is 10.6 Å². The molecule has 2 saturated carbocycles. The van der Waals surface area contributed by atoms with E-state index in [0.29, 0.717) is 11.8 Å². The van der Waals surface area contributed by atoms with Gasteiger partial charge in [0.05, 0.1) is 9.98 Å². The summed E-state index contributed by atoms with van der Waals surface area (Å²) in [6.45, 7) is 0. The molecule has 1 aromatic heterocycles. The van der Waals surface area contributed by atoms with Crippen molar-refractivity contribution in [1.82, 2.24) is 4.98 Å². The Balaban J connectivity index is 1.98. The average Bonchev–Trinajstić information content (AvgIpc) is 3.01. The summed E-state index contributed by atoms with van der Waals surface area (Å²) < 4.78 is 1.02. The standard InChI is InChI=1S/C10H12BrNOS/c11-8-5-12-9(14-8)10(13,6-1-2-6)7-3-4-7/h5-7,13H,1-4H2. The van der Waals surface area contributed by atoms with Gasteiger partial charge in [0, 0.05) is 0 Å². The van der Waals surface area contributed by atoms with Gasteiger partial charge in [-0.3, -0.25) is 0 Å². The number of thiazole rings is 1. The van der Waals surface area contributed by atoms with Crippen molar-refractivity contribution in [3.8, 4) is 0 Å². The molecule has 1 aromatic rings. The van der Waals surface area contributed by atoms with Gasteiger partial charge in [0.25, 0.3) is 0 Å². The van der Waals surface area contributed by atoms with Crippen LogP contribution < -0.4 is 0 Å². The van der Waals surface area contributed by atoms with Crippen LogP contribution in [0.15, 0.2) is 9.98 Å². The van der Waals surface area contributed by atoms with Crippen LogP contribution in [0.2, 0.25) is 0 Å². The van der Waals surface area contributed by atoms with Gasteiger partial charge in [-0.15, -0.1) is 11.3 Å². The zero-order chi connectivity index (χ0) is 9.76. The van der Waals surface area contributed by atoms with Gasteiger partial charge >= 0.3 is 0 Å². The van der Waals surface area contributed by atoms with E-state index >= 15 is 0 Å². The lowest BCUT2D eigenvalue weighted by molar-refractivity contribution is -0.0104. The Bertz CT molecular complexity index is 345. The molecule has 0 unspecified atom stereocenters. The van der Waals surface area contributed by atoms with Crippen LogP contribution in [-0.4, -0.2) is 10.1 Å². The van der Waals surface area contributed by atoms with Crippen molar-refractivity contribution >= 4 is 27.3 Å². The summed E-state index contributed by atoms with van der Waals surface area (Å²) in [6.07, 6.45) is 6.48. The van der Waals surface area contributed by atoms with Crippen LogP contribution in [0.3, 0.4) is 0 Å². The van der Waals surface area contributed by atoms with Crippen LogP contribution in [0.5, 0.6) is 0 Å². The van der Waals surface area contributed by atoms with Gasteiger partial charge in [-0.05, 0) is 53.4 Å². The van der Waals surface area contributed by atoms with E-state index in [4.69, 9.17) is 0 Å². The first-order valence-corrected chi connectivity index (χ1v) is 6.66. The minimum atomic E-state index is -0.587. The molecule has 1 N–H and O–H groups in total. The number of aliphatic hydroxyl groups is 1. The highest BCUT2D eigenvalue weighted by atomic mass is 79.9. The molecule has 0 amide bonds. The third kappa shape index (κ3) is 1.35. The van der Waals surface area contributed by atoms with Gasteiger partial charge in [-0.1, -0.05) is 0 Å². The molecular weight excluding hydrogens is 262 g/mol. The molecule has 2 aliphatic carbocycles. The molecule has 0 bridgehead atoms.